The molecule has 1 unspecified atom stereocenters. The Balaban J connectivity index is 2.20. The van der Waals surface area contributed by atoms with Crippen LogP contribution in [-0.4, -0.2) is 42.5 Å². The fraction of sp³-hybridized carbons (Fsp3) is 0.769. The molecule has 2 heterocycles. The summed E-state index contributed by atoms with van der Waals surface area (Å²) < 4.78 is 5.22. The number of hydrogen-bond donors (Lipinski definition) is 1. The topological polar surface area (TPSA) is 96.4 Å². The second kappa shape index (κ2) is 5.57. The monoisotopic (exact) mass is 265 g/mol. The van der Waals surface area contributed by atoms with Gasteiger partial charge in [0.2, 0.25) is 11.8 Å². The normalized spacial score (nSPS) is 26.5. The Morgan fingerprint density at radius 3 is 2.58 bits per heavy atom. The molecule has 6 heteroatoms. The summed E-state index contributed by atoms with van der Waals surface area (Å²) in [6, 6.07) is 1.59. The Hall–Kier alpha value is -1.61. The summed E-state index contributed by atoms with van der Waals surface area (Å²) in [5.41, 5.74) is 4.33. The average molecular weight is 265 g/mol. The molecule has 0 radical (unpaired) electrons. The van der Waals surface area contributed by atoms with Crippen molar-refractivity contribution in [3.8, 4) is 6.07 Å². The quantitative estimate of drug-likeness (QED) is 0.769. The van der Waals surface area contributed by atoms with Crippen molar-refractivity contribution in [2.24, 2.45) is 11.1 Å². The Morgan fingerprint density at radius 1 is 1.32 bits per heavy atom. The molecule has 0 spiro atoms. The Labute approximate surface area is 112 Å². The van der Waals surface area contributed by atoms with E-state index in [-0.39, 0.29) is 5.91 Å². The maximum atomic E-state index is 12.7. The number of ether oxygens (including phenoxy) is 1. The minimum absolute atomic E-state index is 0.248. The van der Waals surface area contributed by atoms with E-state index in [0.717, 1.165) is 12.8 Å². The lowest BCUT2D eigenvalue weighted by Gasteiger charge is -2.40. The van der Waals surface area contributed by atoms with Gasteiger partial charge in [0, 0.05) is 19.8 Å². The maximum absolute atomic E-state index is 12.7. The van der Waals surface area contributed by atoms with E-state index >= 15 is 0 Å². The summed E-state index contributed by atoms with van der Waals surface area (Å²) in [6.07, 6.45) is 3.13. The number of carbonyl (C=O) groups excluding carboxylic acids is 2. The summed E-state index contributed by atoms with van der Waals surface area (Å²) in [6.45, 7) is 1.33. The zero-order chi connectivity index (χ0) is 13.9. The molecule has 2 aliphatic heterocycles. The van der Waals surface area contributed by atoms with Gasteiger partial charge in [0.05, 0.1) is 6.07 Å². The third-order valence-electron chi connectivity index (χ3n) is 4.06. The lowest BCUT2D eigenvalue weighted by molar-refractivity contribution is -0.151. The number of nitriles is 1. The summed E-state index contributed by atoms with van der Waals surface area (Å²) >= 11 is 0. The molecule has 2 aliphatic rings. The lowest BCUT2D eigenvalue weighted by atomic mass is 9.79. The van der Waals surface area contributed by atoms with Crippen LogP contribution in [0.5, 0.6) is 0 Å². The Bertz CT molecular complexity index is 410. The Kier molecular flexibility index (Phi) is 4.05. The van der Waals surface area contributed by atoms with Crippen LogP contribution in [0.4, 0.5) is 0 Å². The van der Waals surface area contributed by atoms with E-state index in [2.05, 4.69) is 6.07 Å². The van der Waals surface area contributed by atoms with Crippen LogP contribution in [-0.2, 0) is 14.3 Å². The van der Waals surface area contributed by atoms with Gasteiger partial charge in [0.15, 0.2) is 0 Å². The van der Waals surface area contributed by atoms with Crippen LogP contribution in [0.3, 0.4) is 0 Å². The average Bonchev–Trinajstić information content (AvgIpc) is 2.47. The van der Waals surface area contributed by atoms with Gasteiger partial charge in [-0.25, -0.2) is 0 Å². The van der Waals surface area contributed by atoms with Gasteiger partial charge >= 0.3 is 0 Å². The molecule has 6 nitrogen and oxygen atoms in total. The van der Waals surface area contributed by atoms with E-state index in [0.29, 0.717) is 39.0 Å². The fourth-order valence-corrected chi connectivity index (χ4v) is 2.84. The van der Waals surface area contributed by atoms with E-state index in [9.17, 15) is 14.9 Å². The number of piperidine rings is 1. The summed E-state index contributed by atoms with van der Waals surface area (Å²) in [5.74, 6) is -0.727. The van der Waals surface area contributed by atoms with E-state index in [1.54, 1.807) is 0 Å². The van der Waals surface area contributed by atoms with Gasteiger partial charge in [-0.2, -0.15) is 5.26 Å². The van der Waals surface area contributed by atoms with Gasteiger partial charge in [-0.15, -0.1) is 0 Å². The molecule has 2 N–H and O–H groups in total. The molecule has 0 aromatic heterocycles. The SMILES string of the molecule is N#CC1(C(=O)N2CCCCC2C(N)=O)CCOCC1. The van der Waals surface area contributed by atoms with Crippen molar-refractivity contribution in [3.05, 3.63) is 0 Å². The number of hydrogen-bond acceptors (Lipinski definition) is 4. The molecule has 0 aromatic carbocycles. The fourth-order valence-electron chi connectivity index (χ4n) is 2.84. The van der Waals surface area contributed by atoms with Crippen LogP contribution in [0, 0.1) is 16.7 Å². The minimum Gasteiger partial charge on any atom is -0.381 e. The number of rotatable bonds is 2. The molecule has 19 heavy (non-hydrogen) atoms. The van der Waals surface area contributed by atoms with Gasteiger partial charge in [0.25, 0.3) is 0 Å². The zero-order valence-electron chi connectivity index (χ0n) is 10.9. The molecule has 0 aromatic rings. The maximum Gasteiger partial charge on any atom is 0.243 e. The van der Waals surface area contributed by atoms with Crippen LogP contribution >= 0.6 is 0 Å². The predicted molar refractivity (Wildman–Crippen MR) is 66.6 cm³/mol. The molecular formula is C13H19N3O3. The molecule has 104 valence electrons. The van der Waals surface area contributed by atoms with E-state index in [1.807, 2.05) is 0 Å². The number of nitrogens with two attached hydrogens (primary N) is 1. The number of carbonyl (C=O) groups is 2. The van der Waals surface area contributed by atoms with Crippen molar-refractivity contribution in [3.63, 3.8) is 0 Å². The standard InChI is InChI=1S/C13H19N3O3/c14-9-13(4-7-19-8-5-13)12(18)16-6-2-1-3-10(16)11(15)17/h10H,1-8H2,(H2,15,17). The lowest BCUT2D eigenvalue weighted by Crippen LogP contribution is -2.55. The van der Waals surface area contributed by atoms with E-state index in [1.165, 1.54) is 4.90 Å². The van der Waals surface area contributed by atoms with Crippen LogP contribution < -0.4 is 5.73 Å². The number of nitrogens with zero attached hydrogens (tertiary/aromatic N) is 2. The largest absolute Gasteiger partial charge is 0.381 e. The predicted octanol–water partition coefficient (Wildman–Crippen LogP) is 0.173. The molecule has 0 aliphatic carbocycles. The first-order valence-corrected chi connectivity index (χ1v) is 6.70. The van der Waals surface area contributed by atoms with Crippen molar-refractivity contribution >= 4 is 11.8 Å². The van der Waals surface area contributed by atoms with Crippen LogP contribution in [0.25, 0.3) is 0 Å². The summed E-state index contributed by atoms with van der Waals surface area (Å²) in [7, 11) is 0. The highest BCUT2D eigenvalue weighted by molar-refractivity contribution is 5.91. The summed E-state index contributed by atoms with van der Waals surface area (Å²) in [5, 5.41) is 9.40. The highest BCUT2D eigenvalue weighted by Crippen LogP contribution is 2.34. The van der Waals surface area contributed by atoms with Gasteiger partial charge in [-0.3, -0.25) is 9.59 Å². The van der Waals surface area contributed by atoms with Crippen molar-refractivity contribution in [2.45, 2.75) is 38.1 Å². The van der Waals surface area contributed by atoms with Crippen LogP contribution in [0.1, 0.15) is 32.1 Å². The first kappa shape index (κ1) is 13.8. The van der Waals surface area contributed by atoms with E-state index < -0.39 is 17.4 Å². The molecule has 0 saturated carbocycles. The molecule has 2 rings (SSSR count). The molecule has 2 fully saturated rings. The zero-order valence-corrected chi connectivity index (χ0v) is 10.9. The number of amides is 2. The summed E-state index contributed by atoms with van der Waals surface area (Å²) in [4.78, 5) is 25.6. The van der Waals surface area contributed by atoms with Gasteiger partial charge < -0.3 is 15.4 Å². The van der Waals surface area contributed by atoms with Gasteiger partial charge in [0.1, 0.15) is 11.5 Å². The van der Waals surface area contributed by atoms with Gasteiger partial charge in [-0.05, 0) is 32.1 Å². The number of primary amides is 1. The van der Waals surface area contributed by atoms with Crippen molar-refractivity contribution in [1.29, 1.82) is 5.26 Å². The molecule has 2 saturated heterocycles. The van der Waals surface area contributed by atoms with Gasteiger partial charge in [-0.1, -0.05) is 0 Å². The molecular weight excluding hydrogens is 246 g/mol. The Morgan fingerprint density at radius 2 is 2.00 bits per heavy atom. The number of likely N-dealkylation sites (tertiary alicyclic amines) is 1. The second-order valence-corrected chi connectivity index (χ2v) is 5.22. The van der Waals surface area contributed by atoms with Crippen LogP contribution in [0.2, 0.25) is 0 Å². The second-order valence-electron chi connectivity index (χ2n) is 5.22. The molecule has 0 bridgehead atoms. The van der Waals surface area contributed by atoms with Crippen molar-refractivity contribution in [1.82, 2.24) is 4.90 Å². The highest BCUT2D eigenvalue weighted by Gasteiger charge is 2.46. The van der Waals surface area contributed by atoms with Crippen molar-refractivity contribution in [2.75, 3.05) is 19.8 Å². The third-order valence-corrected chi connectivity index (χ3v) is 4.06. The third kappa shape index (κ3) is 2.56. The van der Waals surface area contributed by atoms with E-state index in [4.69, 9.17) is 10.5 Å². The van der Waals surface area contributed by atoms with Crippen LogP contribution in [0.15, 0.2) is 0 Å². The highest BCUT2D eigenvalue weighted by atomic mass is 16.5. The van der Waals surface area contributed by atoms with Crippen molar-refractivity contribution < 1.29 is 14.3 Å². The molecule has 1 atom stereocenters. The first-order valence-electron chi connectivity index (χ1n) is 6.70. The minimum atomic E-state index is -1.04. The smallest absolute Gasteiger partial charge is 0.243 e. The first-order chi connectivity index (χ1) is 9.10. The molecule has 2 amide bonds.